The van der Waals surface area contributed by atoms with Crippen molar-refractivity contribution in [3.63, 3.8) is 0 Å². The number of rotatable bonds is 5. The number of hydrogen-bond donors (Lipinski definition) is 1. The Morgan fingerprint density at radius 1 is 1.09 bits per heavy atom. The normalized spacial score (nSPS) is 11.3. The van der Waals surface area contributed by atoms with E-state index in [0.29, 0.717) is 16.9 Å². The Morgan fingerprint density at radius 3 is 2.55 bits per heavy atom. The van der Waals surface area contributed by atoms with Gasteiger partial charge in [-0.25, -0.2) is 9.78 Å². The Balaban J connectivity index is 1.35. The van der Waals surface area contributed by atoms with Crippen LogP contribution in [0.1, 0.15) is 17.1 Å². The van der Waals surface area contributed by atoms with E-state index in [2.05, 4.69) is 34.9 Å². The average molecular weight is 456 g/mol. The van der Waals surface area contributed by atoms with E-state index in [-0.39, 0.29) is 18.1 Å². The molecule has 0 aliphatic heterocycles. The maximum Gasteiger partial charge on any atom is 0.471 e. The molecule has 12 heteroatoms. The predicted molar refractivity (Wildman–Crippen MR) is 109 cm³/mol. The lowest BCUT2D eigenvalue weighted by Gasteiger charge is -2.09. The highest BCUT2D eigenvalue weighted by Gasteiger charge is 2.38. The van der Waals surface area contributed by atoms with E-state index >= 15 is 0 Å². The molecule has 0 atom stereocenters. The number of nitrogens with one attached hydrogen (secondary N) is 1. The summed E-state index contributed by atoms with van der Waals surface area (Å²) in [6, 6.07) is 10.1. The summed E-state index contributed by atoms with van der Waals surface area (Å²) < 4.78 is 47.2. The van der Waals surface area contributed by atoms with Crippen LogP contribution < -0.4 is 5.32 Å². The van der Waals surface area contributed by atoms with Gasteiger partial charge in [0, 0.05) is 29.7 Å². The van der Waals surface area contributed by atoms with Crippen molar-refractivity contribution in [1.82, 2.24) is 25.1 Å². The number of alkyl halides is 3. The lowest BCUT2D eigenvalue weighted by atomic mass is 10.2. The van der Waals surface area contributed by atoms with Crippen molar-refractivity contribution in [3.8, 4) is 22.8 Å². The molecule has 4 rings (SSSR count). The molecule has 0 fully saturated rings. The number of hydrogen-bond acceptors (Lipinski definition) is 8. The minimum Gasteiger partial charge on any atom is -0.444 e. The van der Waals surface area contributed by atoms with Crippen LogP contribution in [0.3, 0.4) is 0 Å². The molecule has 0 aliphatic carbocycles. The molecule has 0 saturated heterocycles. The first-order chi connectivity index (χ1) is 15.8. The second-order valence-electron chi connectivity index (χ2n) is 6.74. The third kappa shape index (κ3) is 5.29. The van der Waals surface area contributed by atoms with Crippen LogP contribution in [0.2, 0.25) is 0 Å². The summed E-state index contributed by atoms with van der Waals surface area (Å²) in [6.07, 6.45) is -0.522. The van der Waals surface area contributed by atoms with E-state index in [1.165, 1.54) is 12.1 Å². The lowest BCUT2D eigenvalue weighted by Crippen LogP contribution is -2.15. The molecule has 0 bridgehead atoms. The van der Waals surface area contributed by atoms with Gasteiger partial charge in [0.1, 0.15) is 12.3 Å². The first kappa shape index (κ1) is 21.9. The fourth-order valence-electron chi connectivity index (χ4n) is 2.75. The predicted octanol–water partition coefficient (Wildman–Crippen LogP) is 4.66. The zero-order chi connectivity index (χ0) is 23.4. The summed E-state index contributed by atoms with van der Waals surface area (Å²) in [5.74, 6) is -1.78. The maximum atomic E-state index is 12.6. The van der Waals surface area contributed by atoms with Crippen LogP contribution in [0.25, 0.3) is 22.8 Å². The van der Waals surface area contributed by atoms with E-state index in [1.54, 1.807) is 37.6 Å². The Labute approximate surface area is 184 Å². The number of nitrogens with zero attached hydrogens (tertiary/aromatic N) is 5. The number of amides is 1. The van der Waals surface area contributed by atoms with Crippen LogP contribution in [0.5, 0.6) is 0 Å². The second-order valence-corrected chi connectivity index (χ2v) is 6.74. The lowest BCUT2D eigenvalue weighted by molar-refractivity contribution is -0.159. The first-order valence-corrected chi connectivity index (χ1v) is 9.47. The molecule has 0 aromatic carbocycles. The number of anilines is 1. The van der Waals surface area contributed by atoms with E-state index in [1.807, 2.05) is 12.1 Å². The van der Waals surface area contributed by atoms with Crippen molar-refractivity contribution in [2.45, 2.75) is 19.7 Å². The number of carbonyl (C=O) groups is 1. The third-order valence-corrected chi connectivity index (χ3v) is 4.37. The van der Waals surface area contributed by atoms with Crippen molar-refractivity contribution < 1.29 is 27.2 Å². The topological polar surface area (TPSA) is 116 Å². The van der Waals surface area contributed by atoms with E-state index in [0.717, 1.165) is 11.3 Å². The Hall–Kier alpha value is -4.35. The summed E-state index contributed by atoms with van der Waals surface area (Å²) >= 11 is 0. The van der Waals surface area contributed by atoms with Crippen LogP contribution >= 0.6 is 0 Å². The van der Waals surface area contributed by atoms with Crippen LogP contribution in [0.15, 0.2) is 59.5 Å². The molecule has 0 radical (unpaired) electrons. The van der Waals surface area contributed by atoms with Gasteiger partial charge in [-0.15, -0.1) is 0 Å². The van der Waals surface area contributed by atoms with Gasteiger partial charge in [0.15, 0.2) is 0 Å². The van der Waals surface area contributed by atoms with Crippen molar-refractivity contribution in [1.29, 1.82) is 0 Å². The maximum absolute atomic E-state index is 12.6. The molecular weight excluding hydrogens is 441 g/mol. The van der Waals surface area contributed by atoms with Gasteiger partial charge in [0.05, 0.1) is 17.1 Å². The van der Waals surface area contributed by atoms with Crippen LogP contribution in [-0.2, 0) is 17.5 Å². The quantitative estimate of drug-likeness (QED) is 0.461. The SMILES string of the molecule is Cc1nc(-c2noc(C(F)(F)F)n2)ccc1NC(=O)OCc1ccc(-c2cccnc2)nc1. The molecule has 33 heavy (non-hydrogen) atoms. The molecular formula is C21H15F3N6O3. The zero-order valence-electron chi connectivity index (χ0n) is 17.0. The molecule has 0 unspecified atom stereocenters. The second kappa shape index (κ2) is 9.02. The van der Waals surface area contributed by atoms with Gasteiger partial charge < -0.3 is 9.26 Å². The minimum atomic E-state index is -4.75. The number of carbonyl (C=O) groups excluding carboxylic acids is 1. The molecule has 1 N–H and O–H groups in total. The number of halogens is 3. The monoisotopic (exact) mass is 456 g/mol. The summed E-state index contributed by atoms with van der Waals surface area (Å²) in [5, 5.41) is 5.81. The molecule has 0 aliphatic rings. The fourth-order valence-corrected chi connectivity index (χ4v) is 2.75. The van der Waals surface area contributed by atoms with Crippen LogP contribution in [-0.4, -0.2) is 31.2 Å². The smallest absolute Gasteiger partial charge is 0.444 e. The van der Waals surface area contributed by atoms with E-state index < -0.39 is 18.2 Å². The van der Waals surface area contributed by atoms with E-state index in [4.69, 9.17) is 4.74 Å². The number of aryl methyl sites for hydroxylation is 1. The van der Waals surface area contributed by atoms with Crippen molar-refractivity contribution >= 4 is 11.8 Å². The van der Waals surface area contributed by atoms with Gasteiger partial charge in [-0.1, -0.05) is 11.2 Å². The Kier molecular flexibility index (Phi) is 5.98. The summed E-state index contributed by atoms with van der Waals surface area (Å²) in [4.78, 5) is 27.9. The highest BCUT2D eigenvalue weighted by molar-refractivity contribution is 5.85. The Bertz CT molecular complexity index is 1260. The standard InChI is InChI=1S/C21H15F3N6O3/c1-12-15(6-7-17(27-12)18-29-19(33-30-18)21(22,23)24)28-20(31)32-11-13-4-5-16(26-9-13)14-3-2-8-25-10-14/h2-10H,11H2,1H3,(H,28,31). The zero-order valence-corrected chi connectivity index (χ0v) is 17.0. The molecule has 9 nitrogen and oxygen atoms in total. The first-order valence-electron chi connectivity index (χ1n) is 9.47. The molecule has 4 aromatic rings. The molecule has 0 spiro atoms. The molecule has 168 valence electrons. The molecule has 0 saturated carbocycles. The minimum absolute atomic E-state index is 0.0141. The van der Waals surface area contributed by atoms with Crippen molar-refractivity contribution in [3.05, 3.63) is 72.1 Å². The summed E-state index contributed by atoms with van der Waals surface area (Å²) in [5.41, 5.74) is 2.98. The Morgan fingerprint density at radius 2 is 1.91 bits per heavy atom. The highest BCUT2D eigenvalue weighted by Crippen LogP contribution is 2.29. The van der Waals surface area contributed by atoms with Gasteiger partial charge in [-0.3, -0.25) is 15.3 Å². The molecule has 1 amide bonds. The van der Waals surface area contributed by atoms with Gasteiger partial charge in [0.2, 0.25) is 5.82 Å². The van der Waals surface area contributed by atoms with Crippen molar-refractivity contribution in [2.24, 2.45) is 0 Å². The number of aromatic nitrogens is 5. The fraction of sp³-hybridized carbons (Fsp3) is 0.143. The van der Waals surface area contributed by atoms with Gasteiger partial charge >= 0.3 is 18.2 Å². The van der Waals surface area contributed by atoms with Gasteiger partial charge in [0.25, 0.3) is 0 Å². The van der Waals surface area contributed by atoms with Gasteiger partial charge in [-0.2, -0.15) is 18.2 Å². The van der Waals surface area contributed by atoms with Crippen molar-refractivity contribution in [2.75, 3.05) is 5.32 Å². The average Bonchev–Trinajstić information content (AvgIpc) is 3.31. The van der Waals surface area contributed by atoms with Crippen LogP contribution in [0.4, 0.5) is 23.7 Å². The number of pyridine rings is 3. The van der Waals surface area contributed by atoms with E-state index in [9.17, 15) is 18.0 Å². The van der Waals surface area contributed by atoms with Crippen LogP contribution in [0, 0.1) is 6.92 Å². The molecule has 4 heterocycles. The number of ether oxygens (including phenoxy) is 1. The highest BCUT2D eigenvalue weighted by atomic mass is 19.4. The molecule has 4 aromatic heterocycles. The summed E-state index contributed by atoms with van der Waals surface area (Å²) in [7, 11) is 0. The third-order valence-electron chi connectivity index (χ3n) is 4.37. The largest absolute Gasteiger partial charge is 0.471 e. The summed E-state index contributed by atoms with van der Waals surface area (Å²) in [6.45, 7) is 1.55. The van der Waals surface area contributed by atoms with Gasteiger partial charge in [-0.05, 0) is 37.3 Å².